The van der Waals surface area contributed by atoms with E-state index >= 15 is 0 Å². The van der Waals surface area contributed by atoms with Gasteiger partial charge in [0.05, 0.1) is 0 Å². The van der Waals surface area contributed by atoms with E-state index < -0.39 is 0 Å². The number of nitrogens with zero attached hydrogens (tertiary/aromatic N) is 1. The van der Waals surface area contributed by atoms with E-state index in [0.29, 0.717) is 18.1 Å². The van der Waals surface area contributed by atoms with Crippen LogP contribution >= 0.6 is 0 Å². The number of ether oxygens (including phenoxy) is 1. The highest BCUT2D eigenvalue weighted by Gasteiger charge is 2.10. The summed E-state index contributed by atoms with van der Waals surface area (Å²) < 4.78 is 11.5. The number of esters is 1. The minimum Gasteiger partial charge on any atom is -0.436 e. The van der Waals surface area contributed by atoms with Gasteiger partial charge in [0, 0.05) is 12.0 Å². The molecule has 0 aliphatic carbocycles. The minimum atomic E-state index is -0.161. The molecule has 0 unspecified atom stereocenters. The molecule has 0 radical (unpaired) electrons. The molecule has 3 rings (SSSR count). The molecular weight excluding hydrogens is 446 g/mol. The van der Waals surface area contributed by atoms with Crippen LogP contribution in [0.4, 0.5) is 0 Å². The number of carbonyl (C=O) groups excluding carboxylic acids is 1. The van der Waals surface area contributed by atoms with Crippen LogP contribution in [0, 0.1) is 0 Å². The number of oxazole rings is 1. The van der Waals surface area contributed by atoms with Crippen LogP contribution in [0.15, 0.2) is 46.9 Å². The molecule has 0 aliphatic heterocycles. The second-order valence-electron chi connectivity index (χ2n) is 10.1. The first-order valence-corrected chi connectivity index (χ1v) is 14.4. The standard InChI is InChI=1S/C32H45NO3/c1-3-5-7-9-11-13-15-17-26-19-24-30-29(25-26)33-32(36-30)27-20-22-28(23-21-27)35-31(34)18-16-14-12-10-8-6-4-2/h19-25H,3-18H2,1-2H3. The first kappa shape index (κ1) is 28.0. The van der Waals surface area contributed by atoms with Crippen LogP contribution in [0.5, 0.6) is 5.75 Å². The monoisotopic (exact) mass is 491 g/mol. The highest BCUT2D eigenvalue weighted by Crippen LogP contribution is 2.27. The van der Waals surface area contributed by atoms with E-state index in [4.69, 9.17) is 14.1 Å². The zero-order valence-electron chi connectivity index (χ0n) is 22.5. The van der Waals surface area contributed by atoms with Gasteiger partial charge in [0.15, 0.2) is 5.58 Å². The molecule has 0 atom stereocenters. The molecule has 0 spiro atoms. The molecule has 4 nitrogen and oxygen atoms in total. The third-order valence-electron chi connectivity index (χ3n) is 6.84. The molecule has 36 heavy (non-hydrogen) atoms. The van der Waals surface area contributed by atoms with Crippen molar-refractivity contribution in [1.82, 2.24) is 4.98 Å². The summed E-state index contributed by atoms with van der Waals surface area (Å²) in [6.45, 7) is 4.49. The number of carbonyl (C=O) groups is 1. The maximum atomic E-state index is 12.2. The fourth-order valence-corrected chi connectivity index (χ4v) is 4.61. The Hall–Kier alpha value is -2.62. The van der Waals surface area contributed by atoms with Gasteiger partial charge >= 0.3 is 5.97 Å². The van der Waals surface area contributed by atoms with Crippen molar-refractivity contribution in [2.75, 3.05) is 0 Å². The summed E-state index contributed by atoms with van der Waals surface area (Å²) >= 11 is 0. The van der Waals surface area contributed by atoms with Crippen molar-refractivity contribution in [3.8, 4) is 17.2 Å². The Morgan fingerprint density at radius 2 is 1.36 bits per heavy atom. The Kier molecular flexibility index (Phi) is 12.6. The van der Waals surface area contributed by atoms with E-state index in [1.54, 1.807) is 0 Å². The average molecular weight is 492 g/mol. The molecule has 1 aromatic heterocycles. The van der Waals surface area contributed by atoms with E-state index in [1.807, 2.05) is 30.3 Å². The number of fused-ring (bicyclic) bond motifs is 1. The number of rotatable bonds is 18. The number of hydrogen-bond acceptors (Lipinski definition) is 4. The fraction of sp³-hybridized carbons (Fsp3) is 0.562. The molecule has 1 heterocycles. The van der Waals surface area contributed by atoms with Crippen LogP contribution in [0.3, 0.4) is 0 Å². The topological polar surface area (TPSA) is 52.3 Å². The van der Waals surface area contributed by atoms with Gasteiger partial charge in [0.1, 0.15) is 11.3 Å². The largest absolute Gasteiger partial charge is 0.436 e. The number of aromatic nitrogens is 1. The predicted octanol–water partition coefficient (Wildman–Crippen LogP) is 9.83. The molecule has 0 amide bonds. The number of hydrogen-bond donors (Lipinski definition) is 0. The van der Waals surface area contributed by atoms with Gasteiger partial charge in [-0.15, -0.1) is 0 Å². The minimum absolute atomic E-state index is 0.161. The van der Waals surface area contributed by atoms with E-state index in [9.17, 15) is 4.79 Å². The number of aryl methyl sites for hydroxylation is 1. The third kappa shape index (κ3) is 9.79. The molecule has 0 aliphatic rings. The number of benzene rings is 2. The lowest BCUT2D eigenvalue weighted by molar-refractivity contribution is -0.134. The Bertz CT molecular complexity index is 1020. The summed E-state index contributed by atoms with van der Waals surface area (Å²) in [4.78, 5) is 16.9. The summed E-state index contributed by atoms with van der Waals surface area (Å²) in [5.41, 5.74) is 3.90. The van der Waals surface area contributed by atoms with Crippen molar-refractivity contribution >= 4 is 17.1 Å². The first-order valence-electron chi connectivity index (χ1n) is 14.4. The average Bonchev–Trinajstić information content (AvgIpc) is 3.31. The lowest BCUT2D eigenvalue weighted by Crippen LogP contribution is -2.07. The molecular formula is C32H45NO3. The van der Waals surface area contributed by atoms with Crippen molar-refractivity contribution in [2.45, 2.75) is 117 Å². The molecule has 0 saturated carbocycles. The molecule has 0 bridgehead atoms. The van der Waals surface area contributed by atoms with Crippen molar-refractivity contribution in [3.63, 3.8) is 0 Å². The van der Waals surface area contributed by atoms with Gasteiger partial charge in [0.2, 0.25) is 5.89 Å². The fourth-order valence-electron chi connectivity index (χ4n) is 4.61. The molecule has 4 heteroatoms. The van der Waals surface area contributed by atoms with Crippen LogP contribution in [0.25, 0.3) is 22.6 Å². The number of unbranched alkanes of at least 4 members (excludes halogenated alkanes) is 12. The Labute approximate surface area is 217 Å². The van der Waals surface area contributed by atoms with Crippen LogP contribution in [-0.2, 0) is 11.2 Å². The van der Waals surface area contributed by atoms with E-state index in [1.165, 1.54) is 82.6 Å². The summed E-state index contributed by atoms with van der Waals surface area (Å²) in [6, 6.07) is 13.8. The SMILES string of the molecule is CCCCCCCCCC(=O)Oc1ccc(-c2nc3cc(CCCCCCCCC)ccc3o2)cc1. The highest BCUT2D eigenvalue weighted by atomic mass is 16.5. The Morgan fingerprint density at radius 3 is 2.03 bits per heavy atom. The van der Waals surface area contributed by atoms with Crippen molar-refractivity contribution in [3.05, 3.63) is 48.0 Å². The smallest absolute Gasteiger partial charge is 0.311 e. The van der Waals surface area contributed by atoms with E-state index in [2.05, 4.69) is 26.0 Å². The summed E-state index contributed by atoms with van der Waals surface area (Å²) in [5.74, 6) is 1.01. The van der Waals surface area contributed by atoms with Crippen molar-refractivity contribution < 1.29 is 13.9 Å². The molecule has 2 aromatic carbocycles. The molecule has 3 aromatic rings. The second-order valence-corrected chi connectivity index (χ2v) is 10.1. The van der Waals surface area contributed by atoms with Gasteiger partial charge in [-0.25, -0.2) is 4.98 Å². The van der Waals surface area contributed by atoms with Crippen LogP contribution in [0.1, 0.15) is 116 Å². The molecule has 0 saturated heterocycles. The van der Waals surface area contributed by atoms with E-state index in [0.717, 1.165) is 35.9 Å². The summed E-state index contributed by atoms with van der Waals surface area (Å²) in [5, 5.41) is 0. The van der Waals surface area contributed by atoms with E-state index in [-0.39, 0.29) is 5.97 Å². The second kappa shape index (κ2) is 16.2. The lowest BCUT2D eigenvalue weighted by Gasteiger charge is -2.05. The van der Waals surface area contributed by atoms with Gasteiger partial charge in [-0.1, -0.05) is 97.0 Å². The Morgan fingerprint density at radius 1 is 0.750 bits per heavy atom. The van der Waals surface area contributed by atoms with Crippen LogP contribution in [-0.4, -0.2) is 11.0 Å². The quantitative estimate of drug-likeness (QED) is 0.101. The van der Waals surface area contributed by atoms with Crippen LogP contribution in [0.2, 0.25) is 0 Å². The van der Waals surface area contributed by atoms with Gasteiger partial charge in [-0.2, -0.15) is 0 Å². The lowest BCUT2D eigenvalue weighted by atomic mass is 10.0. The normalized spacial score (nSPS) is 11.3. The van der Waals surface area contributed by atoms with Gasteiger partial charge in [-0.3, -0.25) is 4.79 Å². The van der Waals surface area contributed by atoms with Crippen molar-refractivity contribution in [2.24, 2.45) is 0 Å². The molecule has 0 fully saturated rings. The first-order chi connectivity index (χ1) is 17.7. The van der Waals surface area contributed by atoms with Gasteiger partial charge < -0.3 is 9.15 Å². The maximum Gasteiger partial charge on any atom is 0.311 e. The summed E-state index contributed by atoms with van der Waals surface area (Å²) in [7, 11) is 0. The van der Waals surface area contributed by atoms with Gasteiger partial charge in [-0.05, 0) is 61.2 Å². The van der Waals surface area contributed by atoms with Crippen molar-refractivity contribution in [1.29, 1.82) is 0 Å². The third-order valence-corrected chi connectivity index (χ3v) is 6.84. The zero-order valence-corrected chi connectivity index (χ0v) is 22.5. The summed E-state index contributed by atoms with van der Waals surface area (Å²) in [6.07, 6.45) is 19.1. The maximum absolute atomic E-state index is 12.2. The Balaban J connectivity index is 1.43. The van der Waals surface area contributed by atoms with Crippen LogP contribution < -0.4 is 4.74 Å². The highest BCUT2D eigenvalue weighted by molar-refractivity contribution is 5.77. The van der Waals surface area contributed by atoms with Gasteiger partial charge in [0.25, 0.3) is 0 Å². The molecule has 196 valence electrons. The molecule has 0 N–H and O–H groups in total. The predicted molar refractivity (Wildman–Crippen MR) is 149 cm³/mol. The zero-order chi connectivity index (χ0) is 25.4.